The molecule has 0 radical (unpaired) electrons. The molecule has 1 aromatic rings. The van der Waals surface area contributed by atoms with E-state index in [1.54, 1.807) is 26.1 Å². The van der Waals surface area contributed by atoms with Gasteiger partial charge < -0.3 is 4.90 Å². The van der Waals surface area contributed by atoms with E-state index in [1.807, 2.05) is 6.92 Å². The molecule has 1 aliphatic rings. The molecule has 6 heteroatoms. The Morgan fingerprint density at radius 3 is 2.62 bits per heavy atom. The first-order valence-corrected chi connectivity index (χ1v) is 7.27. The quantitative estimate of drug-likeness (QED) is 0.788. The van der Waals surface area contributed by atoms with Crippen LogP contribution in [0.1, 0.15) is 44.8 Å². The van der Waals surface area contributed by atoms with E-state index < -0.39 is 23.1 Å². The molecule has 0 aliphatic carbocycles. The Balaban J connectivity index is 2.17. The standard InChI is InChI=1S/C15H21N3O3/c1-4-15(2,3)12(19)14(21)17-9-5-7-11(17)13(20)18-10-6-8-16-18/h6,8,10-11H,4-5,7,9H2,1-3H3. The summed E-state index contributed by atoms with van der Waals surface area (Å²) < 4.78 is 1.23. The van der Waals surface area contributed by atoms with Crippen molar-refractivity contribution in [2.45, 2.75) is 46.1 Å². The molecule has 114 valence electrons. The van der Waals surface area contributed by atoms with Gasteiger partial charge in [-0.15, -0.1) is 0 Å². The largest absolute Gasteiger partial charge is 0.324 e. The van der Waals surface area contributed by atoms with Gasteiger partial charge in [0.1, 0.15) is 6.04 Å². The molecule has 1 aliphatic heterocycles. The molecule has 1 amide bonds. The predicted molar refractivity (Wildman–Crippen MR) is 76.7 cm³/mol. The summed E-state index contributed by atoms with van der Waals surface area (Å²) in [5.74, 6) is -1.23. The Kier molecular flexibility index (Phi) is 4.25. The highest BCUT2D eigenvalue weighted by atomic mass is 16.2. The van der Waals surface area contributed by atoms with E-state index >= 15 is 0 Å². The molecule has 0 spiro atoms. The minimum absolute atomic E-state index is 0.257. The molecule has 21 heavy (non-hydrogen) atoms. The summed E-state index contributed by atoms with van der Waals surface area (Å²) in [4.78, 5) is 38.5. The van der Waals surface area contributed by atoms with Gasteiger partial charge in [0, 0.05) is 24.4 Å². The van der Waals surface area contributed by atoms with Crippen molar-refractivity contribution in [3.63, 3.8) is 0 Å². The molecule has 1 atom stereocenters. The maximum atomic E-state index is 12.4. The van der Waals surface area contributed by atoms with Crippen molar-refractivity contribution in [3.05, 3.63) is 18.5 Å². The lowest BCUT2D eigenvalue weighted by Gasteiger charge is -2.27. The minimum atomic E-state index is -0.695. The van der Waals surface area contributed by atoms with Crippen LogP contribution in [0.3, 0.4) is 0 Å². The van der Waals surface area contributed by atoms with E-state index in [0.29, 0.717) is 19.4 Å². The first-order valence-electron chi connectivity index (χ1n) is 7.27. The highest BCUT2D eigenvalue weighted by Crippen LogP contribution is 2.25. The van der Waals surface area contributed by atoms with Crippen molar-refractivity contribution in [1.29, 1.82) is 0 Å². The summed E-state index contributed by atoms with van der Waals surface area (Å²) in [5, 5.41) is 3.91. The highest BCUT2D eigenvalue weighted by Gasteiger charge is 2.41. The lowest BCUT2D eigenvalue weighted by molar-refractivity contribution is -0.149. The number of carbonyl (C=O) groups excluding carboxylic acids is 3. The van der Waals surface area contributed by atoms with Crippen LogP contribution in [0.15, 0.2) is 18.5 Å². The van der Waals surface area contributed by atoms with E-state index in [4.69, 9.17) is 0 Å². The lowest BCUT2D eigenvalue weighted by Crippen LogP contribution is -2.48. The number of ketones is 1. The molecule has 2 heterocycles. The van der Waals surface area contributed by atoms with Crippen molar-refractivity contribution in [3.8, 4) is 0 Å². The summed E-state index contributed by atoms with van der Waals surface area (Å²) in [7, 11) is 0. The van der Waals surface area contributed by atoms with Crippen LogP contribution in [-0.4, -0.2) is 44.9 Å². The molecule has 0 bridgehead atoms. The monoisotopic (exact) mass is 291 g/mol. The summed E-state index contributed by atoms with van der Waals surface area (Å²) in [6.45, 7) is 5.84. The van der Waals surface area contributed by atoms with Crippen molar-refractivity contribution in [2.75, 3.05) is 6.54 Å². The molecule has 1 saturated heterocycles. The second-order valence-corrected chi connectivity index (χ2v) is 6.01. The van der Waals surface area contributed by atoms with E-state index in [9.17, 15) is 14.4 Å². The Bertz CT molecular complexity index is 549. The van der Waals surface area contributed by atoms with Crippen LogP contribution >= 0.6 is 0 Å². The van der Waals surface area contributed by atoms with Crippen LogP contribution in [0.4, 0.5) is 0 Å². The summed E-state index contributed by atoms with van der Waals surface area (Å²) in [5.41, 5.74) is -0.695. The third-order valence-corrected chi connectivity index (χ3v) is 4.22. The average Bonchev–Trinajstić information content (AvgIpc) is 3.15. The van der Waals surface area contributed by atoms with Gasteiger partial charge in [-0.25, -0.2) is 4.68 Å². The van der Waals surface area contributed by atoms with Crippen LogP contribution in [0, 0.1) is 5.41 Å². The normalized spacial score (nSPS) is 18.8. The van der Waals surface area contributed by atoms with E-state index in [2.05, 4.69) is 5.10 Å². The number of aromatic nitrogens is 2. The number of hydrogen-bond donors (Lipinski definition) is 0. The van der Waals surface area contributed by atoms with Crippen LogP contribution < -0.4 is 0 Å². The average molecular weight is 291 g/mol. The zero-order valence-corrected chi connectivity index (χ0v) is 12.7. The second kappa shape index (κ2) is 5.79. The molecule has 0 aromatic carbocycles. The highest BCUT2D eigenvalue weighted by molar-refractivity contribution is 6.38. The van der Waals surface area contributed by atoms with Gasteiger partial charge in [-0.2, -0.15) is 5.10 Å². The number of Topliss-reactive ketones (excluding diaryl/α,β-unsaturated/α-hetero) is 1. The predicted octanol–water partition coefficient (Wildman–Crippen LogP) is 1.52. The van der Waals surface area contributed by atoms with Gasteiger partial charge in [-0.1, -0.05) is 20.8 Å². The van der Waals surface area contributed by atoms with E-state index in [1.165, 1.54) is 15.8 Å². The number of likely N-dealkylation sites (tertiary alicyclic amines) is 1. The zero-order valence-electron chi connectivity index (χ0n) is 12.7. The Labute approximate surface area is 124 Å². The third-order valence-electron chi connectivity index (χ3n) is 4.22. The Morgan fingerprint density at radius 1 is 1.33 bits per heavy atom. The molecule has 1 aromatic heterocycles. The van der Waals surface area contributed by atoms with Gasteiger partial charge >= 0.3 is 0 Å². The molecule has 0 saturated carbocycles. The summed E-state index contributed by atoms with van der Waals surface area (Å²) in [6, 6.07) is 1.07. The van der Waals surface area contributed by atoms with Gasteiger partial charge in [0.15, 0.2) is 0 Å². The molecule has 1 unspecified atom stereocenters. The maximum absolute atomic E-state index is 12.4. The maximum Gasteiger partial charge on any atom is 0.291 e. The lowest BCUT2D eigenvalue weighted by atomic mass is 9.84. The third kappa shape index (κ3) is 2.89. The first-order chi connectivity index (χ1) is 9.88. The van der Waals surface area contributed by atoms with E-state index in [0.717, 1.165) is 6.42 Å². The van der Waals surface area contributed by atoms with Gasteiger partial charge in [-0.3, -0.25) is 14.4 Å². The van der Waals surface area contributed by atoms with Crippen LogP contribution in [0.2, 0.25) is 0 Å². The topological polar surface area (TPSA) is 72.3 Å². The summed E-state index contributed by atoms with van der Waals surface area (Å²) >= 11 is 0. The fourth-order valence-corrected chi connectivity index (χ4v) is 2.40. The zero-order chi connectivity index (χ0) is 15.6. The number of carbonyl (C=O) groups is 3. The molecular weight excluding hydrogens is 270 g/mol. The van der Waals surface area contributed by atoms with Crippen molar-refractivity contribution in [2.24, 2.45) is 5.41 Å². The number of rotatable bonds is 4. The molecule has 6 nitrogen and oxygen atoms in total. The van der Waals surface area contributed by atoms with Crippen LogP contribution in [0.5, 0.6) is 0 Å². The first kappa shape index (κ1) is 15.4. The fraction of sp³-hybridized carbons (Fsp3) is 0.600. The number of nitrogens with zero attached hydrogens (tertiary/aromatic N) is 3. The van der Waals surface area contributed by atoms with Crippen LogP contribution in [0.25, 0.3) is 0 Å². The fourth-order valence-electron chi connectivity index (χ4n) is 2.40. The Hall–Kier alpha value is -1.98. The SMILES string of the molecule is CCC(C)(C)C(=O)C(=O)N1CCCC1C(=O)n1cccn1. The minimum Gasteiger partial charge on any atom is -0.324 e. The van der Waals surface area contributed by atoms with Crippen molar-refractivity contribution >= 4 is 17.6 Å². The van der Waals surface area contributed by atoms with Crippen LogP contribution in [-0.2, 0) is 9.59 Å². The van der Waals surface area contributed by atoms with Gasteiger partial charge in [-0.05, 0) is 25.3 Å². The Morgan fingerprint density at radius 2 is 2.05 bits per heavy atom. The van der Waals surface area contributed by atoms with Crippen molar-refractivity contribution < 1.29 is 14.4 Å². The van der Waals surface area contributed by atoms with Gasteiger partial charge in [0.05, 0.1) is 0 Å². The van der Waals surface area contributed by atoms with Gasteiger partial charge in [0.2, 0.25) is 5.78 Å². The molecule has 0 N–H and O–H groups in total. The smallest absolute Gasteiger partial charge is 0.291 e. The van der Waals surface area contributed by atoms with Crippen molar-refractivity contribution in [1.82, 2.24) is 14.7 Å². The summed E-state index contributed by atoms with van der Waals surface area (Å²) in [6.07, 6.45) is 4.96. The number of amides is 1. The van der Waals surface area contributed by atoms with E-state index in [-0.39, 0.29) is 5.91 Å². The molecule has 1 fully saturated rings. The number of hydrogen-bond acceptors (Lipinski definition) is 4. The second-order valence-electron chi connectivity index (χ2n) is 6.01. The van der Waals surface area contributed by atoms with Gasteiger partial charge in [0.25, 0.3) is 11.8 Å². The molecular formula is C15H21N3O3. The molecule has 2 rings (SSSR count).